The molecular weight excluding hydrogens is 288 g/mol. The lowest BCUT2D eigenvalue weighted by atomic mass is 10.0. The summed E-state index contributed by atoms with van der Waals surface area (Å²) < 4.78 is 0. The monoisotopic (exact) mass is 318 g/mol. The van der Waals surface area contributed by atoms with E-state index in [-0.39, 0.29) is 12.0 Å². The molecular formula is C19H30N2O2. The van der Waals surface area contributed by atoms with E-state index < -0.39 is 0 Å². The van der Waals surface area contributed by atoms with Gasteiger partial charge in [-0.1, -0.05) is 17.7 Å². The lowest BCUT2D eigenvalue weighted by Gasteiger charge is -2.20. The normalized spacial score (nSPS) is 15.7. The number of anilines is 1. The summed E-state index contributed by atoms with van der Waals surface area (Å²) in [4.78, 5) is 14.3. The van der Waals surface area contributed by atoms with Gasteiger partial charge in [-0.25, -0.2) is 0 Å². The Balaban J connectivity index is 1.72. The van der Waals surface area contributed by atoms with Crippen molar-refractivity contribution in [3.8, 4) is 0 Å². The van der Waals surface area contributed by atoms with Gasteiger partial charge in [0.2, 0.25) is 5.91 Å². The Bertz CT molecular complexity index is 529. The second-order valence-corrected chi connectivity index (χ2v) is 7.09. The highest BCUT2D eigenvalue weighted by molar-refractivity contribution is 5.92. The van der Waals surface area contributed by atoms with Gasteiger partial charge in [-0.05, 0) is 70.7 Å². The quantitative estimate of drug-likeness (QED) is 0.774. The molecule has 1 fully saturated rings. The van der Waals surface area contributed by atoms with Crippen LogP contribution < -0.4 is 5.32 Å². The maximum Gasteiger partial charge on any atom is 0.224 e. The van der Waals surface area contributed by atoms with Crippen molar-refractivity contribution in [3.63, 3.8) is 0 Å². The molecule has 128 valence electrons. The van der Waals surface area contributed by atoms with Crippen molar-refractivity contribution in [1.82, 2.24) is 4.90 Å². The molecule has 1 atom stereocenters. The molecule has 1 aromatic rings. The Kier molecular flexibility index (Phi) is 6.19. The third-order valence-electron chi connectivity index (χ3n) is 4.55. The number of amides is 1. The molecule has 0 spiro atoms. The molecule has 0 heterocycles. The fraction of sp³-hybridized carbons (Fsp3) is 0.632. The zero-order valence-corrected chi connectivity index (χ0v) is 14.9. The third-order valence-corrected chi connectivity index (χ3v) is 4.55. The van der Waals surface area contributed by atoms with Gasteiger partial charge in [0.1, 0.15) is 0 Å². The van der Waals surface area contributed by atoms with E-state index in [0.29, 0.717) is 18.9 Å². The first-order valence-electron chi connectivity index (χ1n) is 8.61. The summed E-state index contributed by atoms with van der Waals surface area (Å²) in [5, 5.41) is 13.0. The van der Waals surface area contributed by atoms with Crippen LogP contribution >= 0.6 is 0 Å². The maximum absolute atomic E-state index is 12.1. The molecule has 4 heteroatoms. The number of aryl methyl sites for hydroxylation is 3. The summed E-state index contributed by atoms with van der Waals surface area (Å²) in [6.07, 6.45) is 3.44. The van der Waals surface area contributed by atoms with E-state index in [4.69, 9.17) is 0 Å². The molecule has 0 radical (unpaired) electrons. The Hall–Kier alpha value is -1.39. The first-order valence-corrected chi connectivity index (χ1v) is 8.61. The van der Waals surface area contributed by atoms with Crippen LogP contribution in [0.3, 0.4) is 0 Å². The predicted octanol–water partition coefficient (Wildman–Crippen LogP) is 3.03. The van der Waals surface area contributed by atoms with Gasteiger partial charge in [-0.2, -0.15) is 0 Å². The molecule has 1 aliphatic carbocycles. The summed E-state index contributed by atoms with van der Waals surface area (Å²) in [5.74, 6) is 0.574. The van der Waals surface area contributed by atoms with Crippen molar-refractivity contribution in [3.05, 3.63) is 28.8 Å². The number of aliphatic hydroxyl groups excluding tert-OH is 1. The Morgan fingerprint density at radius 2 is 1.91 bits per heavy atom. The first kappa shape index (κ1) is 18.0. The van der Waals surface area contributed by atoms with Crippen LogP contribution in [-0.4, -0.2) is 42.2 Å². The number of likely N-dealkylation sites (N-methyl/N-ethyl adjacent to an activating group) is 1. The molecule has 4 nitrogen and oxygen atoms in total. The number of aliphatic hydroxyl groups is 1. The number of hydrogen-bond donors (Lipinski definition) is 2. The van der Waals surface area contributed by atoms with Crippen LogP contribution in [0.4, 0.5) is 5.69 Å². The standard InChI is InChI=1S/C19H30N2O2/c1-13-10-14(2)19(15(3)11-13)20-18(23)6-5-9-21(4)12-17(22)16-7-8-16/h10-11,16-17,22H,5-9,12H2,1-4H3,(H,20,23). The summed E-state index contributed by atoms with van der Waals surface area (Å²) >= 11 is 0. The van der Waals surface area contributed by atoms with E-state index in [9.17, 15) is 9.90 Å². The summed E-state index contributed by atoms with van der Waals surface area (Å²) in [6, 6.07) is 4.19. The van der Waals surface area contributed by atoms with Crippen LogP contribution in [0.25, 0.3) is 0 Å². The minimum Gasteiger partial charge on any atom is -0.392 e. The smallest absolute Gasteiger partial charge is 0.224 e. The average molecular weight is 318 g/mol. The van der Waals surface area contributed by atoms with Crippen LogP contribution in [0, 0.1) is 26.7 Å². The van der Waals surface area contributed by atoms with Crippen molar-refractivity contribution in [2.75, 3.05) is 25.5 Å². The van der Waals surface area contributed by atoms with Crippen LogP contribution in [0.15, 0.2) is 12.1 Å². The minimum absolute atomic E-state index is 0.0659. The second kappa shape index (κ2) is 7.93. The number of rotatable bonds is 8. The molecule has 2 rings (SSSR count). The summed E-state index contributed by atoms with van der Waals surface area (Å²) in [6.45, 7) is 7.67. The van der Waals surface area contributed by atoms with Crippen molar-refractivity contribution >= 4 is 11.6 Å². The van der Waals surface area contributed by atoms with E-state index in [1.54, 1.807) is 0 Å². The van der Waals surface area contributed by atoms with Crippen LogP contribution in [0.1, 0.15) is 42.4 Å². The second-order valence-electron chi connectivity index (χ2n) is 7.09. The van der Waals surface area contributed by atoms with E-state index in [1.807, 2.05) is 20.9 Å². The fourth-order valence-corrected chi connectivity index (χ4v) is 3.13. The molecule has 0 bridgehead atoms. The molecule has 0 aromatic heterocycles. The third kappa shape index (κ3) is 5.63. The molecule has 23 heavy (non-hydrogen) atoms. The topological polar surface area (TPSA) is 52.6 Å². The van der Waals surface area contributed by atoms with Gasteiger partial charge in [0.05, 0.1) is 6.10 Å². The van der Waals surface area contributed by atoms with Gasteiger partial charge in [0, 0.05) is 18.7 Å². The van der Waals surface area contributed by atoms with Crippen LogP contribution in [0.2, 0.25) is 0 Å². The number of carbonyl (C=O) groups is 1. The van der Waals surface area contributed by atoms with Crippen molar-refractivity contribution in [2.24, 2.45) is 5.92 Å². The summed E-state index contributed by atoms with van der Waals surface area (Å²) in [5.41, 5.74) is 4.38. The van der Waals surface area contributed by atoms with E-state index >= 15 is 0 Å². The fourth-order valence-electron chi connectivity index (χ4n) is 3.13. The maximum atomic E-state index is 12.1. The van der Waals surface area contributed by atoms with Crippen LogP contribution in [-0.2, 0) is 4.79 Å². The van der Waals surface area contributed by atoms with Gasteiger partial charge < -0.3 is 15.3 Å². The average Bonchev–Trinajstić information content (AvgIpc) is 3.27. The zero-order chi connectivity index (χ0) is 17.0. The number of nitrogens with one attached hydrogen (secondary N) is 1. The van der Waals surface area contributed by atoms with E-state index in [1.165, 1.54) is 5.56 Å². The van der Waals surface area contributed by atoms with E-state index in [2.05, 4.69) is 29.3 Å². The molecule has 1 unspecified atom stereocenters. The van der Waals surface area contributed by atoms with Gasteiger partial charge in [0.15, 0.2) is 0 Å². The highest BCUT2D eigenvalue weighted by Gasteiger charge is 2.30. The number of carbonyl (C=O) groups excluding carboxylic acids is 1. The van der Waals surface area contributed by atoms with Gasteiger partial charge >= 0.3 is 0 Å². The van der Waals surface area contributed by atoms with Gasteiger partial charge in [0.25, 0.3) is 0 Å². The van der Waals surface area contributed by atoms with Crippen LogP contribution in [0.5, 0.6) is 0 Å². The molecule has 0 saturated heterocycles. The number of nitrogens with zero attached hydrogens (tertiary/aromatic N) is 1. The molecule has 1 aromatic carbocycles. The SMILES string of the molecule is Cc1cc(C)c(NC(=O)CCCN(C)CC(O)C2CC2)c(C)c1. The molecule has 2 N–H and O–H groups in total. The highest BCUT2D eigenvalue weighted by atomic mass is 16.3. The molecule has 1 aliphatic rings. The lowest BCUT2D eigenvalue weighted by Crippen LogP contribution is -2.31. The molecule has 0 aliphatic heterocycles. The van der Waals surface area contributed by atoms with Crippen molar-refractivity contribution < 1.29 is 9.90 Å². The number of benzene rings is 1. The Labute approximate surface area is 139 Å². The lowest BCUT2D eigenvalue weighted by molar-refractivity contribution is -0.116. The summed E-state index contributed by atoms with van der Waals surface area (Å²) in [7, 11) is 2.01. The molecule has 1 amide bonds. The minimum atomic E-state index is -0.202. The number of hydrogen-bond acceptors (Lipinski definition) is 3. The van der Waals surface area contributed by atoms with E-state index in [0.717, 1.165) is 42.6 Å². The molecule has 1 saturated carbocycles. The van der Waals surface area contributed by atoms with Crippen molar-refractivity contribution in [2.45, 2.75) is 52.6 Å². The predicted molar refractivity (Wildman–Crippen MR) is 94.7 cm³/mol. The van der Waals surface area contributed by atoms with Gasteiger partial charge in [-0.3, -0.25) is 4.79 Å². The van der Waals surface area contributed by atoms with Gasteiger partial charge in [-0.15, -0.1) is 0 Å². The largest absolute Gasteiger partial charge is 0.392 e. The Morgan fingerprint density at radius 1 is 1.30 bits per heavy atom. The Morgan fingerprint density at radius 3 is 2.48 bits per heavy atom. The van der Waals surface area contributed by atoms with Crippen molar-refractivity contribution in [1.29, 1.82) is 0 Å². The highest BCUT2D eigenvalue weighted by Crippen LogP contribution is 2.32. The first-order chi connectivity index (χ1) is 10.9. The zero-order valence-electron chi connectivity index (χ0n) is 14.9.